The second-order valence-electron chi connectivity index (χ2n) is 4.37. The van der Waals surface area contributed by atoms with Crippen LogP contribution in [-0.2, 0) is 11.2 Å². The molecule has 96 valence electrons. The van der Waals surface area contributed by atoms with Gasteiger partial charge in [-0.3, -0.25) is 0 Å². The number of carbonyl (C=O) groups excluding carboxylic acids is 1. The SMILES string of the molecule is CC.CCc1cccc(C(=O)OC(C)(C)C)n1. The van der Waals surface area contributed by atoms with Crippen LogP contribution in [0.1, 0.15) is 57.7 Å². The van der Waals surface area contributed by atoms with Crippen molar-refractivity contribution < 1.29 is 9.53 Å². The Bertz CT molecular complexity index is 353. The van der Waals surface area contributed by atoms with Crippen LogP contribution in [0.5, 0.6) is 0 Å². The van der Waals surface area contributed by atoms with Crippen LogP contribution >= 0.6 is 0 Å². The minimum atomic E-state index is -0.471. The van der Waals surface area contributed by atoms with E-state index in [2.05, 4.69) is 4.98 Å². The van der Waals surface area contributed by atoms with Gasteiger partial charge in [0.15, 0.2) is 0 Å². The average molecular weight is 237 g/mol. The van der Waals surface area contributed by atoms with Crippen LogP contribution in [0, 0.1) is 0 Å². The number of nitrogens with zero attached hydrogens (tertiary/aromatic N) is 1. The zero-order valence-electron chi connectivity index (χ0n) is 11.7. The van der Waals surface area contributed by atoms with Gasteiger partial charge in [-0.05, 0) is 39.3 Å². The number of hydrogen-bond acceptors (Lipinski definition) is 3. The van der Waals surface area contributed by atoms with Gasteiger partial charge in [0.2, 0.25) is 0 Å². The fourth-order valence-electron chi connectivity index (χ4n) is 1.12. The zero-order valence-corrected chi connectivity index (χ0v) is 11.7. The van der Waals surface area contributed by atoms with Crippen LogP contribution in [0.3, 0.4) is 0 Å². The van der Waals surface area contributed by atoms with Crippen molar-refractivity contribution in [1.29, 1.82) is 0 Å². The van der Waals surface area contributed by atoms with Crippen molar-refractivity contribution in [2.24, 2.45) is 0 Å². The Morgan fingerprint density at radius 3 is 2.35 bits per heavy atom. The van der Waals surface area contributed by atoms with E-state index in [9.17, 15) is 4.79 Å². The number of esters is 1. The van der Waals surface area contributed by atoms with Crippen LogP contribution in [-0.4, -0.2) is 16.6 Å². The standard InChI is InChI=1S/C12H17NO2.C2H6/c1-5-9-7-6-8-10(13-9)11(14)15-12(2,3)4;1-2/h6-8H,5H2,1-4H3;1-2H3. The topological polar surface area (TPSA) is 39.2 Å². The lowest BCUT2D eigenvalue weighted by atomic mass is 10.2. The van der Waals surface area contributed by atoms with Crippen LogP contribution in [0.15, 0.2) is 18.2 Å². The molecule has 0 bridgehead atoms. The maximum absolute atomic E-state index is 11.6. The van der Waals surface area contributed by atoms with E-state index in [0.717, 1.165) is 12.1 Å². The van der Waals surface area contributed by atoms with E-state index < -0.39 is 5.60 Å². The first-order chi connectivity index (χ1) is 7.92. The van der Waals surface area contributed by atoms with Crippen molar-refractivity contribution in [3.63, 3.8) is 0 Å². The van der Waals surface area contributed by atoms with E-state index in [1.54, 1.807) is 6.07 Å². The minimum absolute atomic E-state index is 0.363. The minimum Gasteiger partial charge on any atom is -0.455 e. The molecule has 3 heteroatoms. The van der Waals surface area contributed by atoms with Crippen molar-refractivity contribution in [3.8, 4) is 0 Å². The Morgan fingerprint density at radius 2 is 1.88 bits per heavy atom. The van der Waals surface area contributed by atoms with Crippen LogP contribution in [0.4, 0.5) is 0 Å². The molecule has 0 radical (unpaired) electrons. The highest BCUT2D eigenvalue weighted by molar-refractivity contribution is 5.87. The summed E-state index contributed by atoms with van der Waals surface area (Å²) in [5.41, 5.74) is 0.809. The van der Waals surface area contributed by atoms with Crippen molar-refractivity contribution in [3.05, 3.63) is 29.6 Å². The predicted molar refractivity (Wildman–Crippen MR) is 70.1 cm³/mol. The molecule has 0 spiro atoms. The molecule has 1 heterocycles. The lowest BCUT2D eigenvalue weighted by molar-refractivity contribution is 0.00626. The maximum Gasteiger partial charge on any atom is 0.357 e. The predicted octanol–water partition coefficient (Wildman–Crippen LogP) is 3.63. The van der Waals surface area contributed by atoms with Gasteiger partial charge in [-0.15, -0.1) is 0 Å². The van der Waals surface area contributed by atoms with Crippen LogP contribution in [0.25, 0.3) is 0 Å². The smallest absolute Gasteiger partial charge is 0.357 e. The third kappa shape index (κ3) is 6.05. The van der Waals surface area contributed by atoms with E-state index in [0.29, 0.717) is 5.69 Å². The van der Waals surface area contributed by atoms with Gasteiger partial charge in [0, 0.05) is 5.69 Å². The molecule has 0 fully saturated rings. The highest BCUT2D eigenvalue weighted by Gasteiger charge is 2.18. The fourth-order valence-corrected chi connectivity index (χ4v) is 1.12. The summed E-state index contributed by atoms with van der Waals surface area (Å²) in [6, 6.07) is 5.40. The van der Waals surface area contributed by atoms with E-state index in [1.165, 1.54) is 0 Å². The summed E-state index contributed by atoms with van der Waals surface area (Å²) in [5, 5.41) is 0. The van der Waals surface area contributed by atoms with Gasteiger partial charge in [0.25, 0.3) is 0 Å². The van der Waals surface area contributed by atoms with Crippen molar-refractivity contribution in [1.82, 2.24) is 4.98 Å². The number of pyridine rings is 1. The summed E-state index contributed by atoms with van der Waals surface area (Å²) in [7, 11) is 0. The molecule has 0 saturated carbocycles. The lowest BCUT2D eigenvalue weighted by Crippen LogP contribution is -2.24. The Hall–Kier alpha value is -1.38. The number of hydrogen-bond donors (Lipinski definition) is 0. The van der Waals surface area contributed by atoms with Gasteiger partial charge in [-0.25, -0.2) is 9.78 Å². The molecule has 1 rings (SSSR count). The number of aryl methyl sites for hydroxylation is 1. The monoisotopic (exact) mass is 237 g/mol. The van der Waals surface area contributed by atoms with Crippen LogP contribution < -0.4 is 0 Å². The second kappa shape index (κ2) is 7.05. The molecule has 0 aliphatic carbocycles. The van der Waals surface area contributed by atoms with E-state index >= 15 is 0 Å². The third-order valence-corrected chi connectivity index (χ3v) is 1.78. The van der Waals surface area contributed by atoms with Gasteiger partial charge < -0.3 is 4.74 Å². The lowest BCUT2D eigenvalue weighted by Gasteiger charge is -2.19. The average Bonchev–Trinajstić information content (AvgIpc) is 2.29. The first kappa shape index (κ1) is 15.6. The number of rotatable bonds is 2. The Kier molecular flexibility index (Phi) is 6.47. The Balaban J connectivity index is 0.00000121. The summed E-state index contributed by atoms with van der Waals surface area (Å²) >= 11 is 0. The Morgan fingerprint density at radius 1 is 1.29 bits per heavy atom. The van der Waals surface area contributed by atoms with Gasteiger partial charge in [0.1, 0.15) is 11.3 Å². The summed E-state index contributed by atoms with van der Waals surface area (Å²) in [5.74, 6) is -0.363. The van der Waals surface area contributed by atoms with Gasteiger partial charge >= 0.3 is 5.97 Å². The molecule has 0 saturated heterocycles. The van der Waals surface area contributed by atoms with Crippen molar-refractivity contribution in [2.75, 3.05) is 0 Å². The van der Waals surface area contributed by atoms with Gasteiger partial charge in [0.05, 0.1) is 0 Å². The highest BCUT2D eigenvalue weighted by Crippen LogP contribution is 2.11. The molecule has 0 aliphatic heterocycles. The van der Waals surface area contributed by atoms with Crippen molar-refractivity contribution in [2.45, 2.75) is 53.6 Å². The molecular formula is C14H23NO2. The normalized spacial score (nSPS) is 10.2. The molecule has 0 aliphatic rings. The fraction of sp³-hybridized carbons (Fsp3) is 0.571. The van der Waals surface area contributed by atoms with Gasteiger partial charge in [-0.2, -0.15) is 0 Å². The summed E-state index contributed by atoms with van der Waals surface area (Å²) < 4.78 is 5.22. The van der Waals surface area contributed by atoms with E-state index in [4.69, 9.17) is 4.74 Å². The quantitative estimate of drug-likeness (QED) is 0.737. The molecule has 17 heavy (non-hydrogen) atoms. The summed E-state index contributed by atoms with van der Waals surface area (Å²) in [4.78, 5) is 15.8. The van der Waals surface area contributed by atoms with Gasteiger partial charge in [-0.1, -0.05) is 26.8 Å². The summed E-state index contributed by atoms with van der Waals surface area (Å²) in [6.07, 6.45) is 0.816. The van der Waals surface area contributed by atoms with E-state index in [1.807, 2.05) is 53.7 Å². The molecule has 0 amide bonds. The molecule has 0 unspecified atom stereocenters. The Labute approximate surface area is 104 Å². The largest absolute Gasteiger partial charge is 0.455 e. The number of aromatic nitrogens is 1. The summed E-state index contributed by atoms with van der Waals surface area (Å²) in [6.45, 7) is 11.5. The third-order valence-electron chi connectivity index (χ3n) is 1.78. The number of ether oxygens (including phenoxy) is 1. The molecule has 1 aromatic rings. The molecule has 3 nitrogen and oxygen atoms in total. The zero-order chi connectivity index (χ0) is 13.5. The highest BCUT2D eigenvalue weighted by atomic mass is 16.6. The van der Waals surface area contributed by atoms with Crippen molar-refractivity contribution >= 4 is 5.97 Å². The molecular weight excluding hydrogens is 214 g/mol. The molecule has 0 N–H and O–H groups in total. The molecule has 1 aromatic heterocycles. The number of carbonyl (C=O) groups is 1. The second-order valence-corrected chi connectivity index (χ2v) is 4.37. The van der Waals surface area contributed by atoms with Crippen LogP contribution in [0.2, 0.25) is 0 Å². The molecule has 0 aromatic carbocycles. The molecule has 0 atom stereocenters. The first-order valence-corrected chi connectivity index (χ1v) is 6.11. The first-order valence-electron chi connectivity index (χ1n) is 6.11. The maximum atomic E-state index is 11.6. The van der Waals surface area contributed by atoms with E-state index in [-0.39, 0.29) is 5.97 Å².